The second-order valence-corrected chi connectivity index (χ2v) is 8.74. The van der Waals surface area contributed by atoms with Gasteiger partial charge >= 0.3 is 0 Å². The standard InChI is InChI=1S/C27H28N2O3.C3H6/c30-27-25-14-9-22(21-7-2-1-3-8-21)19-26(25)32-20-29(27)23-10-12-24(13-11-23)31-18-6-17-28-15-4-5-16-28;1-3-2/h1-3,7-14,19H,4-6,15-18,20H2;3H,1H2,2H3. The Morgan fingerprint density at radius 3 is 2.40 bits per heavy atom. The summed E-state index contributed by atoms with van der Waals surface area (Å²) in [5, 5.41) is 0. The van der Waals surface area contributed by atoms with Crippen LogP contribution in [0.4, 0.5) is 5.69 Å². The van der Waals surface area contributed by atoms with Gasteiger partial charge in [-0.2, -0.15) is 0 Å². The van der Waals surface area contributed by atoms with Gasteiger partial charge in [-0.25, -0.2) is 0 Å². The summed E-state index contributed by atoms with van der Waals surface area (Å²) in [6, 6.07) is 23.5. The zero-order chi connectivity index (χ0) is 24.5. The Hall–Kier alpha value is -3.57. The summed E-state index contributed by atoms with van der Waals surface area (Å²) in [6.45, 7) is 9.69. The quantitative estimate of drug-likeness (QED) is 0.296. The first kappa shape index (κ1) is 24.6. The van der Waals surface area contributed by atoms with Crippen LogP contribution in [0.2, 0.25) is 0 Å². The van der Waals surface area contributed by atoms with Gasteiger partial charge in [-0.05, 0) is 86.8 Å². The Bertz CT molecular complexity index is 1110. The Balaban J connectivity index is 0.000000917. The van der Waals surface area contributed by atoms with Crippen LogP contribution in [0.3, 0.4) is 0 Å². The van der Waals surface area contributed by atoms with Crippen molar-refractivity contribution >= 4 is 11.6 Å². The number of rotatable bonds is 7. The molecule has 3 aromatic carbocycles. The molecular weight excluding hydrogens is 436 g/mol. The number of anilines is 1. The number of benzene rings is 3. The number of hydrogen-bond donors (Lipinski definition) is 0. The molecule has 1 fully saturated rings. The van der Waals surface area contributed by atoms with Crippen LogP contribution >= 0.6 is 0 Å². The molecule has 0 N–H and O–H groups in total. The molecule has 0 atom stereocenters. The van der Waals surface area contributed by atoms with Crippen molar-refractivity contribution in [3.05, 3.63) is 91.0 Å². The number of carbonyl (C=O) groups is 1. The summed E-state index contributed by atoms with van der Waals surface area (Å²) in [5.41, 5.74) is 3.53. The van der Waals surface area contributed by atoms with Gasteiger partial charge in [0.1, 0.15) is 11.5 Å². The topological polar surface area (TPSA) is 42.0 Å². The second kappa shape index (κ2) is 12.2. The molecule has 5 heteroatoms. The van der Waals surface area contributed by atoms with Crippen molar-refractivity contribution in [1.29, 1.82) is 0 Å². The lowest BCUT2D eigenvalue weighted by molar-refractivity contribution is 0.0937. The van der Waals surface area contributed by atoms with E-state index in [-0.39, 0.29) is 12.6 Å². The van der Waals surface area contributed by atoms with E-state index in [4.69, 9.17) is 9.47 Å². The fraction of sp³-hybridized carbons (Fsp3) is 0.300. The molecule has 1 saturated heterocycles. The maximum atomic E-state index is 13.1. The predicted octanol–water partition coefficient (Wildman–Crippen LogP) is 6.41. The summed E-state index contributed by atoms with van der Waals surface area (Å²) in [7, 11) is 0. The van der Waals surface area contributed by atoms with Gasteiger partial charge < -0.3 is 14.4 Å². The van der Waals surface area contributed by atoms with Gasteiger partial charge in [0.2, 0.25) is 0 Å². The lowest BCUT2D eigenvalue weighted by atomic mass is 10.0. The molecule has 0 radical (unpaired) electrons. The molecule has 0 unspecified atom stereocenters. The van der Waals surface area contributed by atoms with Crippen molar-refractivity contribution in [3.8, 4) is 22.6 Å². The number of likely N-dealkylation sites (tertiary alicyclic amines) is 1. The molecule has 3 aromatic rings. The molecule has 5 nitrogen and oxygen atoms in total. The Morgan fingerprint density at radius 2 is 1.69 bits per heavy atom. The molecule has 0 saturated carbocycles. The SMILES string of the molecule is C=CC.O=C1c2ccc(-c3ccccc3)cc2OCN1c1ccc(OCCCN2CCCC2)cc1. The van der Waals surface area contributed by atoms with E-state index < -0.39 is 0 Å². The van der Waals surface area contributed by atoms with Crippen LogP contribution in [0.1, 0.15) is 36.5 Å². The Morgan fingerprint density at radius 1 is 0.971 bits per heavy atom. The van der Waals surface area contributed by atoms with Gasteiger partial charge in [-0.15, -0.1) is 6.58 Å². The third-order valence-electron chi connectivity index (χ3n) is 6.15. The monoisotopic (exact) mass is 470 g/mol. The molecule has 2 heterocycles. The van der Waals surface area contributed by atoms with Gasteiger partial charge in [0.05, 0.1) is 12.2 Å². The minimum absolute atomic E-state index is 0.0508. The normalized spacial score (nSPS) is 15.0. The Labute approximate surface area is 208 Å². The molecule has 1 amide bonds. The molecule has 2 aliphatic heterocycles. The first-order valence-corrected chi connectivity index (χ1v) is 12.4. The molecule has 5 rings (SSSR count). The molecular formula is C30H34N2O3. The molecule has 0 bridgehead atoms. The number of hydrogen-bond acceptors (Lipinski definition) is 4. The van der Waals surface area contributed by atoms with E-state index in [0.717, 1.165) is 35.5 Å². The zero-order valence-electron chi connectivity index (χ0n) is 20.5. The molecule has 0 aromatic heterocycles. The van der Waals surface area contributed by atoms with Crippen molar-refractivity contribution in [2.24, 2.45) is 0 Å². The fourth-order valence-corrected chi connectivity index (χ4v) is 4.37. The van der Waals surface area contributed by atoms with E-state index >= 15 is 0 Å². The molecule has 0 spiro atoms. The summed E-state index contributed by atoms with van der Waals surface area (Å²) < 4.78 is 11.8. The summed E-state index contributed by atoms with van der Waals surface area (Å²) in [6.07, 6.45) is 5.42. The van der Waals surface area contributed by atoms with Crippen LogP contribution in [0.25, 0.3) is 11.1 Å². The van der Waals surface area contributed by atoms with Crippen LogP contribution in [-0.4, -0.2) is 43.8 Å². The average molecular weight is 471 g/mol. The third-order valence-corrected chi connectivity index (χ3v) is 6.15. The van der Waals surface area contributed by atoms with E-state index in [2.05, 4.69) is 23.6 Å². The molecule has 0 aliphatic carbocycles. The highest BCUT2D eigenvalue weighted by molar-refractivity contribution is 6.09. The highest BCUT2D eigenvalue weighted by atomic mass is 16.5. The highest BCUT2D eigenvalue weighted by Gasteiger charge is 2.27. The van der Waals surface area contributed by atoms with Gasteiger partial charge in [-0.3, -0.25) is 9.69 Å². The van der Waals surface area contributed by atoms with Crippen LogP contribution in [-0.2, 0) is 0 Å². The first-order chi connectivity index (χ1) is 17.2. The van der Waals surface area contributed by atoms with Crippen molar-refractivity contribution < 1.29 is 14.3 Å². The van der Waals surface area contributed by atoms with Crippen LogP contribution < -0.4 is 14.4 Å². The number of nitrogens with zero attached hydrogens (tertiary/aromatic N) is 2. The van der Waals surface area contributed by atoms with Crippen molar-refractivity contribution in [1.82, 2.24) is 4.90 Å². The average Bonchev–Trinajstić information content (AvgIpc) is 3.42. The van der Waals surface area contributed by atoms with Crippen molar-refractivity contribution in [2.45, 2.75) is 26.2 Å². The number of carbonyl (C=O) groups excluding carboxylic acids is 1. The highest BCUT2D eigenvalue weighted by Crippen LogP contribution is 2.33. The van der Waals surface area contributed by atoms with E-state index in [1.807, 2.05) is 67.6 Å². The lowest BCUT2D eigenvalue weighted by Crippen LogP contribution is -2.38. The number of allylic oxidation sites excluding steroid dienone is 1. The van der Waals surface area contributed by atoms with E-state index in [1.165, 1.54) is 25.9 Å². The van der Waals surface area contributed by atoms with Crippen LogP contribution in [0.5, 0.6) is 11.5 Å². The minimum atomic E-state index is -0.0508. The van der Waals surface area contributed by atoms with Gasteiger partial charge in [0.15, 0.2) is 6.73 Å². The van der Waals surface area contributed by atoms with Gasteiger partial charge in [0, 0.05) is 12.2 Å². The van der Waals surface area contributed by atoms with Crippen LogP contribution in [0.15, 0.2) is 85.5 Å². The zero-order valence-corrected chi connectivity index (χ0v) is 20.5. The fourth-order valence-electron chi connectivity index (χ4n) is 4.37. The van der Waals surface area contributed by atoms with E-state index in [1.54, 1.807) is 11.0 Å². The Kier molecular flexibility index (Phi) is 8.58. The second-order valence-electron chi connectivity index (χ2n) is 8.74. The number of fused-ring (bicyclic) bond motifs is 1. The first-order valence-electron chi connectivity index (χ1n) is 12.4. The van der Waals surface area contributed by atoms with E-state index in [9.17, 15) is 4.79 Å². The lowest BCUT2D eigenvalue weighted by Gasteiger charge is -2.29. The van der Waals surface area contributed by atoms with Crippen molar-refractivity contribution in [2.75, 3.05) is 37.9 Å². The van der Waals surface area contributed by atoms with Crippen LogP contribution in [0, 0.1) is 0 Å². The number of amides is 1. The number of ether oxygens (including phenoxy) is 2. The van der Waals surface area contributed by atoms with E-state index in [0.29, 0.717) is 17.9 Å². The summed E-state index contributed by atoms with van der Waals surface area (Å²) >= 11 is 0. The molecule has 182 valence electrons. The minimum Gasteiger partial charge on any atom is -0.494 e. The largest absolute Gasteiger partial charge is 0.494 e. The van der Waals surface area contributed by atoms with Crippen molar-refractivity contribution in [3.63, 3.8) is 0 Å². The van der Waals surface area contributed by atoms with Gasteiger partial charge in [-0.1, -0.05) is 42.5 Å². The molecule has 35 heavy (non-hydrogen) atoms. The maximum absolute atomic E-state index is 13.1. The summed E-state index contributed by atoms with van der Waals surface area (Å²) in [5.74, 6) is 1.41. The summed E-state index contributed by atoms with van der Waals surface area (Å²) in [4.78, 5) is 17.2. The molecule has 2 aliphatic rings. The predicted molar refractivity (Wildman–Crippen MR) is 142 cm³/mol. The van der Waals surface area contributed by atoms with Gasteiger partial charge in [0.25, 0.3) is 5.91 Å². The maximum Gasteiger partial charge on any atom is 0.264 e. The third kappa shape index (κ3) is 6.31. The smallest absolute Gasteiger partial charge is 0.264 e.